The van der Waals surface area contributed by atoms with Crippen LogP contribution in [0.5, 0.6) is 0 Å². The van der Waals surface area contributed by atoms with E-state index in [0.717, 1.165) is 16.7 Å². The number of nitrogens with zero attached hydrogens (tertiary/aromatic N) is 3. The van der Waals surface area contributed by atoms with E-state index in [-0.39, 0.29) is 0 Å². The van der Waals surface area contributed by atoms with Crippen molar-refractivity contribution in [2.45, 2.75) is 58.4 Å². The maximum absolute atomic E-state index is 4.35. The van der Waals surface area contributed by atoms with Crippen molar-refractivity contribution in [3.8, 4) is 0 Å². The first-order chi connectivity index (χ1) is 7.72. The van der Waals surface area contributed by atoms with Crippen LogP contribution in [0.4, 0.5) is 5.13 Å². The van der Waals surface area contributed by atoms with E-state index in [1.807, 2.05) is 0 Å². The third kappa shape index (κ3) is 2.37. The molecule has 0 saturated carbocycles. The molecule has 2 rings (SSSR count). The predicted octanol–water partition coefficient (Wildman–Crippen LogP) is 3.43. The Kier molecular flexibility index (Phi) is 3.79. The summed E-state index contributed by atoms with van der Waals surface area (Å²) < 4.78 is 0. The minimum absolute atomic E-state index is 0.496. The van der Waals surface area contributed by atoms with Crippen molar-refractivity contribution in [1.82, 2.24) is 10.2 Å². The molecule has 16 heavy (non-hydrogen) atoms. The molecule has 0 aliphatic carbocycles. The summed E-state index contributed by atoms with van der Waals surface area (Å²) >= 11 is 1.77. The van der Waals surface area contributed by atoms with Crippen molar-refractivity contribution < 1.29 is 0 Å². The molecule has 1 aromatic heterocycles. The molecule has 0 bridgehead atoms. The minimum atomic E-state index is 0.496. The third-order valence-corrected chi connectivity index (χ3v) is 4.53. The van der Waals surface area contributed by atoms with Crippen molar-refractivity contribution in [1.29, 1.82) is 0 Å². The van der Waals surface area contributed by atoms with E-state index in [0.29, 0.717) is 12.0 Å². The highest BCUT2D eigenvalue weighted by atomic mass is 32.1. The lowest BCUT2D eigenvalue weighted by atomic mass is 10.0. The van der Waals surface area contributed by atoms with E-state index in [9.17, 15) is 0 Å². The van der Waals surface area contributed by atoms with Crippen molar-refractivity contribution in [3.63, 3.8) is 0 Å². The Balaban J connectivity index is 2.14. The van der Waals surface area contributed by atoms with Gasteiger partial charge in [-0.15, -0.1) is 10.2 Å². The Morgan fingerprint density at radius 2 is 2.19 bits per heavy atom. The lowest BCUT2D eigenvalue weighted by Crippen LogP contribution is -2.39. The molecule has 1 aliphatic rings. The molecule has 0 spiro atoms. The van der Waals surface area contributed by atoms with Crippen molar-refractivity contribution >= 4 is 16.5 Å². The SMILES string of the molecule is CCC1CCCCN1c1nnc(C(C)C)s1. The first-order valence-corrected chi connectivity index (χ1v) is 7.14. The van der Waals surface area contributed by atoms with Crippen LogP contribution in [0, 0.1) is 0 Å². The van der Waals surface area contributed by atoms with Gasteiger partial charge in [-0.1, -0.05) is 32.1 Å². The number of aromatic nitrogens is 2. The lowest BCUT2D eigenvalue weighted by molar-refractivity contribution is 0.448. The Bertz CT molecular complexity index is 335. The normalized spacial score (nSPS) is 21.8. The van der Waals surface area contributed by atoms with Gasteiger partial charge in [-0.3, -0.25) is 0 Å². The van der Waals surface area contributed by atoms with E-state index < -0.39 is 0 Å². The fraction of sp³-hybridized carbons (Fsp3) is 0.833. The number of hydrogen-bond donors (Lipinski definition) is 0. The van der Waals surface area contributed by atoms with Gasteiger partial charge in [0.15, 0.2) is 0 Å². The van der Waals surface area contributed by atoms with Gasteiger partial charge in [-0.25, -0.2) is 0 Å². The number of hydrogen-bond acceptors (Lipinski definition) is 4. The Labute approximate surface area is 102 Å². The maximum atomic E-state index is 4.35. The smallest absolute Gasteiger partial charge is 0.208 e. The highest BCUT2D eigenvalue weighted by Crippen LogP contribution is 2.31. The van der Waals surface area contributed by atoms with Crippen LogP contribution < -0.4 is 4.90 Å². The molecule has 1 fully saturated rings. The molecule has 0 amide bonds. The van der Waals surface area contributed by atoms with E-state index >= 15 is 0 Å². The maximum Gasteiger partial charge on any atom is 0.208 e. The van der Waals surface area contributed by atoms with Gasteiger partial charge < -0.3 is 4.90 Å². The lowest BCUT2D eigenvalue weighted by Gasteiger charge is -2.34. The molecule has 1 aliphatic heterocycles. The van der Waals surface area contributed by atoms with Gasteiger partial charge in [0.25, 0.3) is 0 Å². The second-order valence-electron chi connectivity index (χ2n) is 4.83. The van der Waals surface area contributed by atoms with Crippen LogP contribution in [-0.2, 0) is 0 Å². The summed E-state index contributed by atoms with van der Waals surface area (Å²) in [4.78, 5) is 2.47. The average molecular weight is 239 g/mol. The average Bonchev–Trinajstić information content (AvgIpc) is 2.78. The molecule has 3 nitrogen and oxygen atoms in total. The highest BCUT2D eigenvalue weighted by molar-refractivity contribution is 7.15. The zero-order valence-electron chi connectivity index (χ0n) is 10.4. The summed E-state index contributed by atoms with van der Waals surface area (Å²) in [5.41, 5.74) is 0. The zero-order chi connectivity index (χ0) is 11.5. The quantitative estimate of drug-likeness (QED) is 0.809. The molecule has 0 N–H and O–H groups in total. The van der Waals surface area contributed by atoms with Gasteiger partial charge in [0.05, 0.1) is 0 Å². The van der Waals surface area contributed by atoms with E-state index in [2.05, 4.69) is 35.9 Å². The van der Waals surface area contributed by atoms with E-state index in [4.69, 9.17) is 0 Å². The standard InChI is InChI=1S/C12H21N3S/c1-4-10-7-5-6-8-15(10)12-14-13-11(16-12)9(2)3/h9-10H,4-8H2,1-3H3. The molecule has 90 valence electrons. The number of piperidine rings is 1. The van der Waals surface area contributed by atoms with Crippen LogP contribution in [0.15, 0.2) is 0 Å². The van der Waals surface area contributed by atoms with Gasteiger partial charge in [0.2, 0.25) is 5.13 Å². The van der Waals surface area contributed by atoms with Gasteiger partial charge in [-0.05, 0) is 25.7 Å². The topological polar surface area (TPSA) is 29.0 Å². The number of rotatable bonds is 3. The van der Waals surface area contributed by atoms with E-state index in [1.54, 1.807) is 11.3 Å². The predicted molar refractivity (Wildman–Crippen MR) is 69.3 cm³/mol. The largest absolute Gasteiger partial charge is 0.344 e. The molecule has 1 unspecified atom stereocenters. The van der Waals surface area contributed by atoms with Crippen LogP contribution in [0.2, 0.25) is 0 Å². The summed E-state index contributed by atoms with van der Waals surface area (Å²) in [6.45, 7) is 7.79. The first-order valence-electron chi connectivity index (χ1n) is 6.32. The van der Waals surface area contributed by atoms with Crippen LogP contribution in [-0.4, -0.2) is 22.8 Å². The molecule has 0 aromatic carbocycles. The number of anilines is 1. The summed E-state index contributed by atoms with van der Waals surface area (Å²) in [5.74, 6) is 0.496. The first kappa shape index (κ1) is 11.8. The van der Waals surface area contributed by atoms with E-state index in [1.165, 1.54) is 25.7 Å². The van der Waals surface area contributed by atoms with Crippen LogP contribution in [0.3, 0.4) is 0 Å². The summed E-state index contributed by atoms with van der Waals surface area (Å²) in [7, 11) is 0. The summed E-state index contributed by atoms with van der Waals surface area (Å²) in [6, 6.07) is 0.682. The van der Waals surface area contributed by atoms with Gasteiger partial charge in [-0.2, -0.15) is 0 Å². The van der Waals surface area contributed by atoms with Crippen LogP contribution in [0.1, 0.15) is 57.4 Å². The molecule has 0 radical (unpaired) electrons. The van der Waals surface area contributed by atoms with Crippen molar-refractivity contribution in [3.05, 3.63) is 5.01 Å². The summed E-state index contributed by atoms with van der Waals surface area (Å²) in [6.07, 6.45) is 5.20. The molecule has 1 atom stereocenters. The van der Waals surface area contributed by atoms with Crippen molar-refractivity contribution in [2.24, 2.45) is 0 Å². The fourth-order valence-electron chi connectivity index (χ4n) is 2.25. The van der Waals surface area contributed by atoms with Gasteiger partial charge >= 0.3 is 0 Å². The second-order valence-corrected chi connectivity index (χ2v) is 5.82. The zero-order valence-corrected chi connectivity index (χ0v) is 11.3. The second kappa shape index (κ2) is 5.13. The molecule has 4 heteroatoms. The highest BCUT2D eigenvalue weighted by Gasteiger charge is 2.24. The Morgan fingerprint density at radius 1 is 1.38 bits per heavy atom. The monoisotopic (exact) mass is 239 g/mol. The summed E-state index contributed by atoms with van der Waals surface area (Å²) in [5, 5.41) is 10.9. The molecule has 1 aromatic rings. The third-order valence-electron chi connectivity index (χ3n) is 3.27. The van der Waals surface area contributed by atoms with Crippen LogP contribution in [0.25, 0.3) is 0 Å². The van der Waals surface area contributed by atoms with Crippen LogP contribution >= 0.6 is 11.3 Å². The van der Waals surface area contributed by atoms with Gasteiger partial charge in [0.1, 0.15) is 5.01 Å². The minimum Gasteiger partial charge on any atom is -0.344 e. The Morgan fingerprint density at radius 3 is 2.81 bits per heavy atom. The van der Waals surface area contributed by atoms with Gasteiger partial charge in [0, 0.05) is 18.5 Å². The molecular weight excluding hydrogens is 218 g/mol. The van der Waals surface area contributed by atoms with Crippen molar-refractivity contribution in [2.75, 3.05) is 11.4 Å². The molecule has 1 saturated heterocycles. The Hall–Kier alpha value is -0.640. The molecule has 2 heterocycles. The molecular formula is C12H21N3S. The fourth-order valence-corrected chi connectivity index (χ4v) is 3.20.